The summed E-state index contributed by atoms with van der Waals surface area (Å²) in [6.45, 7) is 5.71. The van der Waals surface area contributed by atoms with Crippen LogP contribution in [0.4, 0.5) is 5.69 Å². The van der Waals surface area contributed by atoms with E-state index in [0.29, 0.717) is 13.2 Å². The van der Waals surface area contributed by atoms with Gasteiger partial charge in [-0.25, -0.2) is 0 Å². The number of likely N-dealkylation sites (tertiary alicyclic amines) is 1. The number of pyridine rings is 1. The summed E-state index contributed by atoms with van der Waals surface area (Å²) in [5.74, 6) is 1.56. The molecule has 1 fully saturated rings. The van der Waals surface area contributed by atoms with Crippen LogP contribution >= 0.6 is 0 Å². The van der Waals surface area contributed by atoms with Gasteiger partial charge in [0.1, 0.15) is 0 Å². The van der Waals surface area contributed by atoms with Gasteiger partial charge in [0.25, 0.3) is 0 Å². The van der Waals surface area contributed by atoms with E-state index >= 15 is 0 Å². The molecule has 158 valence electrons. The van der Waals surface area contributed by atoms with Crippen LogP contribution in [0.5, 0.6) is 11.5 Å². The largest absolute Gasteiger partial charge is 0.493 e. The Bertz CT molecular complexity index is 834. The van der Waals surface area contributed by atoms with Crippen molar-refractivity contribution in [1.82, 2.24) is 9.88 Å². The highest BCUT2D eigenvalue weighted by molar-refractivity contribution is 5.96. The van der Waals surface area contributed by atoms with Crippen molar-refractivity contribution in [1.29, 1.82) is 0 Å². The van der Waals surface area contributed by atoms with Crippen LogP contribution in [0.2, 0.25) is 0 Å². The highest BCUT2D eigenvalue weighted by Crippen LogP contribution is 2.39. The average Bonchev–Trinajstić information content (AvgIpc) is 3.42. The Balaban J connectivity index is 1.55. The topological polar surface area (TPSA) is 55.8 Å². The fourth-order valence-corrected chi connectivity index (χ4v) is 4.50. The van der Waals surface area contributed by atoms with Crippen molar-refractivity contribution < 1.29 is 14.2 Å². The van der Waals surface area contributed by atoms with E-state index in [1.54, 1.807) is 14.2 Å². The molecule has 0 saturated carbocycles. The normalized spacial score (nSPS) is 16.3. The summed E-state index contributed by atoms with van der Waals surface area (Å²) in [7, 11) is 3.43. The fraction of sp³-hybridized carbons (Fsp3) is 0.609. The molecular weight excluding hydrogens is 366 g/mol. The summed E-state index contributed by atoms with van der Waals surface area (Å²) in [6.07, 6.45) is 6.97. The number of fused-ring (bicyclic) bond motifs is 2. The molecule has 2 heterocycles. The minimum absolute atomic E-state index is 0.675. The molecule has 2 aliphatic rings. The van der Waals surface area contributed by atoms with Crippen molar-refractivity contribution in [2.45, 2.75) is 38.5 Å². The summed E-state index contributed by atoms with van der Waals surface area (Å²) in [6, 6.07) is 4.12. The van der Waals surface area contributed by atoms with Crippen molar-refractivity contribution in [3.8, 4) is 11.5 Å². The Kier molecular flexibility index (Phi) is 6.72. The van der Waals surface area contributed by atoms with E-state index in [-0.39, 0.29) is 0 Å². The van der Waals surface area contributed by atoms with Gasteiger partial charge in [-0.05, 0) is 63.2 Å². The fourth-order valence-electron chi connectivity index (χ4n) is 4.50. The predicted octanol–water partition coefficient (Wildman–Crippen LogP) is 3.66. The SMILES string of the molecule is COCCNc1c2c(nc3cc(OCCCN4CCCC4)c(OC)cc13)CCC2. The summed E-state index contributed by atoms with van der Waals surface area (Å²) in [4.78, 5) is 7.47. The van der Waals surface area contributed by atoms with Gasteiger partial charge < -0.3 is 24.4 Å². The Morgan fingerprint density at radius 1 is 1.03 bits per heavy atom. The minimum Gasteiger partial charge on any atom is -0.493 e. The Morgan fingerprint density at radius 3 is 2.69 bits per heavy atom. The summed E-state index contributed by atoms with van der Waals surface area (Å²) in [5, 5.41) is 4.68. The Hall–Kier alpha value is -2.05. The molecule has 6 nitrogen and oxygen atoms in total. The second-order valence-electron chi connectivity index (χ2n) is 7.96. The maximum atomic E-state index is 6.12. The van der Waals surface area contributed by atoms with Crippen LogP contribution in [-0.2, 0) is 17.6 Å². The first kappa shape index (κ1) is 20.2. The highest BCUT2D eigenvalue weighted by Gasteiger charge is 2.21. The zero-order chi connectivity index (χ0) is 20.1. The molecule has 0 radical (unpaired) electrons. The quantitative estimate of drug-likeness (QED) is 0.616. The number of nitrogens with zero attached hydrogens (tertiary/aromatic N) is 2. The molecule has 1 aliphatic carbocycles. The molecule has 1 aliphatic heterocycles. The first-order valence-corrected chi connectivity index (χ1v) is 10.9. The Labute approximate surface area is 173 Å². The number of methoxy groups -OCH3 is 2. The maximum Gasteiger partial charge on any atom is 0.163 e. The molecule has 1 N–H and O–H groups in total. The van der Waals surface area contributed by atoms with Crippen LogP contribution in [0.25, 0.3) is 10.9 Å². The molecule has 2 aromatic rings. The third-order valence-corrected chi connectivity index (χ3v) is 5.98. The lowest BCUT2D eigenvalue weighted by atomic mass is 10.1. The van der Waals surface area contributed by atoms with Gasteiger partial charge in [0, 0.05) is 43.0 Å². The van der Waals surface area contributed by atoms with E-state index in [1.807, 2.05) is 6.07 Å². The Morgan fingerprint density at radius 2 is 1.90 bits per heavy atom. The second kappa shape index (κ2) is 9.63. The number of rotatable bonds is 10. The number of ether oxygens (including phenoxy) is 3. The van der Waals surface area contributed by atoms with E-state index < -0.39 is 0 Å². The molecule has 29 heavy (non-hydrogen) atoms. The van der Waals surface area contributed by atoms with Gasteiger partial charge >= 0.3 is 0 Å². The van der Waals surface area contributed by atoms with Gasteiger partial charge in [-0.3, -0.25) is 4.98 Å². The third kappa shape index (κ3) is 4.59. The average molecular weight is 400 g/mol. The van der Waals surface area contributed by atoms with Gasteiger partial charge in [-0.15, -0.1) is 0 Å². The van der Waals surface area contributed by atoms with E-state index in [9.17, 15) is 0 Å². The van der Waals surface area contributed by atoms with Crippen molar-refractivity contribution >= 4 is 16.6 Å². The second-order valence-corrected chi connectivity index (χ2v) is 7.96. The van der Waals surface area contributed by atoms with E-state index in [1.165, 1.54) is 42.9 Å². The third-order valence-electron chi connectivity index (χ3n) is 5.98. The number of hydrogen-bond donors (Lipinski definition) is 1. The molecule has 1 aromatic carbocycles. The summed E-state index contributed by atoms with van der Waals surface area (Å²) >= 11 is 0. The van der Waals surface area contributed by atoms with Gasteiger partial charge in [0.15, 0.2) is 11.5 Å². The molecule has 1 saturated heterocycles. The number of hydrogen-bond acceptors (Lipinski definition) is 6. The summed E-state index contributed by atoms with van der Waals surface area (Å²) < 4.78 is 17.0. The number of nitrogens with one attached hydrogen (secondary N) is 1. The van der Waals surface area contributed by atoms with Gasteiger partial charge in [0.2, 0.25) is 0 Å². The van der Waals surface area contributed by atoms with Crippen LogP contribution in [0.15, 0.2) is 12.1 Å². The lowest BCUT2D eigenvalue weighted by Crippen LogP contribution is -2.21. The number of aromatic nitrogens is 1. The zero-order valence-electron chi connectivity index (χ0n) is 17.8. The monoisotopic (exact) mass is 399 g/mol. The molecule has 0 atom stereocenters. The standard InChI is InChI=1S/C23H33N3O3/c1-27-14-9-24-23-17-7-5-8-19(17)25-20-16-22(21(28-2)15-18(20)23)29-13-6-12-26-10-3-4-11-26/h15-16H,3-14H2,1-2H3,(H,24,25). The molecule has 6 heteroatoms. The molecule has 0 unspecified atom stereocenters. The molecule has 0 bridgehead atoms. The van der Waals surface area contributed by atoms with Gasteiger partial charge in [-0.2, -0.15) is 0 Å². The van der Waals surface area contributed by atoms with Crippen LogP contribution in [0.3, 0.4) is 0 Å². The van der Waals surface area contributed by atoms with E-state index in [0.717, 1.165) is 61.2 Å². The summed E-state index contributed by atoms with van der Waals surface area (Å²) in [5.41, 5.74) is 4.71. The van der Waals surface area contributed by atoms with Crippen molar-refractivity contribution in [2.75, 3.05) is 58.9 Å². The molecule has 1 aromatic heterocycles. The van der Waals surface area contributed by atoms with Crippen molar-refractivity contribution in [3.63, 3.8) is 0 Å². The zero-order valence-corrected chi connectivity index (χ0v) is 17.8. The first-order valence-electron chi connectivity index (χ1n) is 10.9. The molecule has 0 spiro atoms. The molecule has 4 rings (SSSR count). The van der Waals surface area contributed by atoms with Crippen LogP contribution < -0.4 is 14.8 Å². The number of benzene rings is 1. The van der Waals surface area contributed by atoms with Crippen molar-refractivity contribution in [3.05, 3.63) is 23.4 Å². The highest BCUT2D eigenvalue weighted by atomic mass is 16.5. The van der Waals surface area contributed by atoms with Gasteiger partial charge in [-0.1, -0.05) is 0 Å². The number of anilines is 1. The molecular formula is C23H33N3O3. The number of aryl methyl sites for hydroxylation is 1. The van der Waals surface area contributed by atoms with E-state index in [2.05, 4.69) is 16.3 Å². The predicted molar refractivity (Wildman–Crippen MR) is 116 cm³/mol. The molecule has 0 amide bonds. The maximum absolute atomic E-state index is 6.12. The van der Waals surface area contributed by atoms with Crippen molar-refractivity contribution in [2.24, 2.45) is 0 Å². The first-order chi connectivity index (χ1) is 14.3. The van der Waals surface area contributed by atoms with Crippen LogP contribution in [-0.4, -0.2) is 63.5 Å². The smallest absolute Gasteiger partial charge is 0.163 e. The minimum atomic E-state index is 0.675. The van der Waals surface area contributed by atoms with Crippen LogP contribution in [0, 0.1) is 0 Å². The van der Waals surface area contributed by atoms with Crippen LogP contribution in [0.1, 0.15) is 36.9 Å². The van der Waals surface area contributed by atoms with E-state index in [4.69, 9.17) is 19.2 Å². The van der Waals surface area contributed by atoms with Gasteiger partial charge in [0.05, 0.1) is 25.8 Å². The lowest BCUT2D eigenvalue weighted by Gasteiger charge is -2.18. The lowest BCUT2D eigenvalue weighted by molar-refractivity contribution is 0.211.